The van der Waals surface area contributed by atoms with Gasteiger partial charge in [-0.1, -0.05) is 44.5 Å². The molecule has 0 saturated carbocycles. The molecule has 9 nitrogen and oxygen atoms in total. The fourth-order valence-corrected chi connectivity index (χ4v) is 7.08. The number of carbonyl (C=O) groups excluding carboxylic acids is 2. The average Bonchev–Trinajstić information content (AvgIpc) is 3.53. The van der Waals surface area contributed by atoms with E-state index in [9.17, 15) is 9.59 Å². The number of benzene rings is 2. The predicted octanol–water partition coefficient (Wildman–Crippen LogP) is 5.01. The first-order valence-corrected chi connectivity index (χ1v) is 15.5. The van der Waals surface area contributed by atoms with Crippen LogP contribution in [-0.2, 0) is 19.7 Å². The van der Waals surface area contributed by atoms with Crippen molar-refractivity contribution in [2.75, 3.05) is 37.1 Å². The Balaban J connectivity index is 1.52. The number of morpholine rings is 1. The molecule has 3 aliphatic heterocycles. The maximum absolute atomic E-state index is 14.0. The molecule has 3 aliphatic rings. The number of hydrogen-bond donors (Lipinski definition) is 0. The Morgan fingerprint density at radius 2 is 1.71 bits per heavy atom. The maximum atomic E-state index is 14.0. The number of carbonyl (C=O) groups is 2. The molecule has 3 unspecified atom stereocenters. The monoisotopic (exact) mass is 590 g/mol. The Bertz CT molecular complexity index is 1500. The van der Waals surface area contributed by atoms with Gasteiger partial charge in [-0.15, -0.1) is 11.8 Å². The molecule has 10 heteroatoms. The Morgan fingerprint density at radius 3 is 2.40 bits per heavy atom. The summed E-state index contributed by atoms with van der Waals surface area (Å²) in [6.45, 7) is 13.5. The Kier molecular flexibility index (Phi) is 7.47. The first-order valence-electron chi connectivity index (χ1n) is 14.4. The summed E-state index contributed by atoms with van der Waals surface area (Å²) >= 11 is 1.56. The highest BCUT2D eigenvalue weighted by Crippen LogP contribution is 2.50. The van der Waals surface area contributed by atoms with Crippen LogP contribution < -0.4 is 14.4 Å². The molecule has 2 amide bonds. The van der Waals surface area contributed by atoms with Gasteiger partial charge in [-0.2, -0.15) is 5.10 Å². The van der Waals surface area contributed by atoms with Crippen LogP contribution in [-0.4, -0.2) is 70.9 Å². The highest BCUT2D eigenvalue weighted by atomic mass is 32.2. The van der Waals surface area contributed by atoms with Crippen molar-refractivity contribution < 1.29 is 23.8 Å². The highest BCUT2D eigenvalue weighted by molar-refractivity contribution is 8.00. The molecule has 42 heavy (non-hydrogen) atoms. The molecule has 0 spiro atoms. The topological polar surface area (TPSA) is 86.1 Å². The van der Waals surface area contributed by atoms with Crippen molar-refractivity contribution in [3.05, 3.63) is 64.8 Å². The van der Waals surface area contributed by atoms with Crippen LogP contribution in [0.15, 0.2) is 42.5 Å². The summed E-state index contributed by atoms with van der Waals surface area (Å²) in [5.41, 5.74) is 4.44. The fraction of sp³-hybridized carbons (Fsp3) is 0.469. The minimum atomic E-state index is -0.340. The molecule has 222 valence electrons. The first kappa shape index (κ1) is 28.6. The summed E-state index contributed by atoms with van der Waals surface area (Å²) < 4.78 is 19.0. The van der Waals surface area contributed by atoms with Gasteiger partial charge in [-0.25, -0.2) is 4.68 Å². The van der Waals surface area contributed by atoms with Gasteiger partial charge in [0.1, 0.15) is 12.4 Å². The molecule has 3 atom stereocenters. The lowest BCUT2D eigenvalue weighted by molar-refractivity contribution is -0.142. The van der Waals surface area contributed by atoms with Gasteiger partial charge in [0, 0.05) is 24.1 Å². The second kappa shape index (κ2) is 11.0. The van der Waals surface area contributed by atoms with Crippen molar-refractivity contribution in [1.82, 2.24) is 14.7 Å². The van der Waals surface area contributed by atoms with Gasteiger partial charge in [-0.3, -0.25) is 14.5 Å². The van der Waals surface area contributed by atoms with Gasteiger partial charge in [0.15, 0.2) is 11.5 Å². The van der Waals surface area contributed by atoms with Gasteiger partial charge in [0.25, 0.3) is 0 Å². The van der Waals surface area contributed by atoms with E-state index in [4.69, 9.17) is 19.3 Å². The van der Waals surface area contributed by atoms with E-state index < -0.39 is 0 Å². The van der Waals surface area contributed by atoms with Crippen molar-refractivity contribution in [3.63, 3.8) is 0 Å². The molecule has 0 bridgehead atoms. The third-order valence-electron chi connectivity index (χ3n) is 7.84. The number of amides is 2. The van der Waals surface area contributed by atoms with Crippen LogP contribution in [0, 0.1) is 6.92 Å². The number of aromatic nitrogens is 2. The molecule has 0 aliphatic carbocycles. The van der Waals surface area contributed by atoms with Gasteiger partial charge in [0.05, 0.1) is 34.6 Å². The van der Waals surface area contributed by atoms with Gasteiger partial charge >= 0.3 is 0 Å². The van der Waals surface area contributed by atoms with Crippen LogP contribution >= 0.6 is 11.8 Å². The third-order valence-corrected chi connectivity index (χ3v) is 9.10. The number of hydrogen-bond acceptors (Lipinski definition) is 7. The van der Waals surface area contributed by atoms with E-state index >= 15 is 0 Å². The minimum absolute atomic E-state index is 0.0652. The first-order chi connectivity index (χ1) is 20.0. The lowest BCUT2D eigenvalue weighted by Gasteiger charge is -2.36. The number of anilines is 1. The van der Waals surface area contributed by atoms with Crippen LogP contribution in [0.25, 0.3) is 5.69 Å². The van der Waals surface area contributed by atoms with Crippen molar-refractivity contribution >= 4 is 29.4 Å². The van der Waals surface area contributed by atoms with E-state index in [0.717, 1.165) is 28.1 Å². The molecule has 1 aromatic heterocycles. The van der Waals surface area contributed by atoms with E-state index in [-0.39, 0.29) is 53.8 Å². The number of ether oxygens (including phenoxy) is 3. The van der Waals surface area contributed by atoms with E-state index in [1.807, 2.05) is 72.8 Å². The molecule has 1 fully saturated rings. The molecule has 0 radical (unpaired) electrons. The number of thioether (sulfide) groups is 1. The van der Waals surface area contributed by atoms with Crippen LogP contribution in [0.5, 0.6) is 11.5 Å². The highest BCUT2D eigenvalue weighted by Gasteiger charge is 2.41. The molecular formula is C32H38N4O5S. The molecule has 4 heterocycles. The van der Waals surface area contributed by atoms with Crippen molar-refractivity contribution in [3.8, 4) is 17.2 Å². The number of rotatable bonds is 4. The smallest absolute Gasteiger partial charge is 0.242 e. The fourth-order valence-electron chi connectivity index (χ4n) is 5.90. The summed E-state index contributed by atoms with van der Waals surface area (Å²) in [6.07, 6.45) is -0.130. The van der Waals surface area contributed by atoms with Crippen molar-refractivity contribution in [2.24, 2.45) is 0 Å². The summed E-state index contributed by atoms with van der Waals surface area (Å²) in [7, 11) is 0. The zero-order valence-corrected chi connectivity index (χ0v) is 25.9. The molecule has 2 aromatic carbocycles. The molecule has 6 rings (SSSR count). The summed E-state index contributed by atoms with van der Waals surface area (Å²) in [5.74, 6) is 2.04. The predicted molar refractivity (Wildman–Crippen MR) is 163 cm³/mol. The van der Waals surface area contributed by atoms with Gasteiger partial charge in [0.2, 0.25) is 18.6 Å². The largest absolute Gasteiger partial charge is 0.454 e. The summed E-state index contributed by atoms with van der Waals surface area (Å²) in [6, 6.07) is 14.1. The van der Waals surface area contributed by atoms with Gasteiger partial charge in [-0.05, 0) is 50.6 Å². The SMILES string of the molecule is Cc1ccc(-n2nc(C(C)(C)C)c3c2N(CC(=O)N2CC(C)OC(C)C2)C(=O)CSC3c2ccc3c(c2)OCO3)cc1. The number of nitrogens with zero attached hydrogens (tertiary/aromatic N) is 4. The normalized spacial score (nSPS) is 22.2. The summed E-state index contributed by atoms with van der Waals surface area (Å²) in [4.78, 5) is 31.3. The Morgan fingerprint density at radius 1 is 1.02 bits per heavy atom. The van der Waals surface area contributed by atoms with Crippen molar-refractivity contribution in [2.45, 2.75) is 64.4 Å². The number of aryl methyl sites for hydroxylation is 1. The van der Waals surface area contributed by atoms with Crippen molar-refractivity contribution in [1.29, 1.82) is 0 Å². The quantitative estimate of drug-likeness (QED) is 0.422. The second-order valence-corrected chi connectivity index (χ2v) is 13.5. The van der Waals surface area contributed by atoms with E-state index in [2.05, 4.69) is 20.8 Å². The van der Waals surface area contributed by atoms with Crippen LogP contribution in [0.2, 0.25) is 0 Å². The van der Waals surface area contributed by atoms with E-state index in [1.165, 1.54) is 0 Å². The van der Waals surface area contributed by atoms with Crippen LogP contribution in [0.1, 0.15) is 62.3 Å². The van der Waals surface area contributed by atoms with E-state index in [1.54, 1.807) is 16.7 Å². The average molecular weight is 591 g/mol. The molecule has 1 saturated heterocycles. The third kappa shape index (κ3) is 5.38. The lowest BCUT2D eigenvalue weighted by atomic mass is 9.87. The molecule has 3 aromatic rings. The second-order valence-electron chi connectivity index (χ2n) is 12.4. The lowest BCUT2D eigenvalue weighted by Crippen LogP contribution is -2.52. The molecular weight excluding hydrogens is 552 g/mol. The Labute approximate surface area is 251 Å². The van der Waals surface area contributed by atoms with Gasteiger partial charge < -0.3 is 19.1 Å². The summed E-state index contributed by atoms with van der Waals surface area (Å²) in [5, 5.41) is 4.98. The number of fused-ring (bicyclic) bond motifs is 2. The maximum Gasteiger partial charge on any atom is 0.242 e. The van der Waals surface area contributed by atoms with Crippen LogP contribution in [0.3, 0.4) is 0 Å². The standard InChI is InChI=1S/C32H38N4O5S/c1-19-7-10-23(11-8-19)36-31-28(30(33-36)32(4,5)6)29(22-9-12-24-25(13-22)40-18-39-24)42-17-27(38)35(31)16-26(37)34-14-20(2)41-21(3)15-34/h7-13,20-21,29H,14-18H2,1-6H3. The van der Waals surface area contributed by atoms with Crippen LogP contribution in [0.4, 0.5) is 5.82 Å². The molecule has 0 N–H and O–H groups in total. The minimum Gasteiger partial charge on any atom is -0.454 e. The zero-order chi connectivity index (χ0) is 29.8. The van der Waals surface area contributed by atoms with E-state index in [0.29, 0.717) is 30.4 Å². The Hall–Kier alpha value is -3.50. The zero-order valence-electron chi connectivity index (χ0n) is 25.0.